The lowest BCUT2D eigenvalue weighted by Gasteiger charge is -2.32. The normalized spacial score (nSPS) is 24.2. The SMILES string of the molecule is Cc1c(F)cccc1[C@]1(C(=O)NO)CC[C@@](C)(c2ccc3c(F)nn(C)c3c2)C1. The van der Waals surface area contributed by atoms with Crippen molar-refractivity contribution in [2.24, 2.45) is 7.05 Å². The molecule has 2 N–H and O–H groups in total. The first kappa shape index (κ1) is 19.5. The number of fused-ring (bicyclic) bond motifs is 1. The Bertz CT molecular complexity index is 1130. The van der Waals surface area contributed by atoms with Crippen LogP contribution in [-0.4, -0.2) is 20.9 Å². The Labute approximate surface area is 167 Å². The highest BCUT2D eigenvalue weighted by molar-refractivity contribution is 5.89. The number of nitrogens with zero attached hydrogens (tertiary/aromatic N) is 2. The van der Waals surface area contributed by atoms with Gasteiger partial charge in [-0.2, -0.15) is 4.39 Å². The van der Waals surface area contributed by atoms with Gasteiger partial charge in [0.1, 0.15) is 5.82 Å². The molecule has 1 aromatic heterocycles. The van der Waals surface area contributed by atoms with Crippen molar-refractivity contribution in [2.45, 2.75) is 43.9 Å². The van der Waals surface area contributed by atoms with E-state index in [1.54, 1.807) is 37.7 Å². The first-order chi connectivity index (χ1) is 13.7. The Balaban J connectivity index is 1.82. The van der Waals surface area contributed by atoms with Gasteiger partial charge in [0.05, 0.1) is 16.3 Å². The third kappa shape index (κ3) is 2.83. The summed E-state index contributed by atoms with van der Waals surface area (Å²) in [6.07, 6.45) is 1.50. The van der Waals surface area contributed by atoms with Gasteiger partial charge < -0.3 is 0 Å². The van der Waals surface area contributed by atoms with Crippen molar-refractivity contribution < 1.29 is 18.8 Å². The van der Waals surface area contributed by atoms with Crippen LogP contribution < -0.4 is 5.48 Å². The predicted molar refractivity (Wildman–Crippen MR) is 105 cm³/mol. The van der Waals surface area contributed by atoms with E-state index >= 15 is 0 Å². The van der Waals surface area contributed by atoms with E-state index in [-0.39, 0.29) is 5.82 Å². The van der Waals surface area contributed by atoms with E-state index in [1.807, 2.05) is 19.1 Å². The monoisotopic (exact) mass is 399 g/mol. The molecule has 1 saturated carbocycles. The Morgan fingerprint density at radius 2 is 2.00 bits per heavy atom. The van der Waals surface area contributed by atoms with Crippen LogP contribution in [0.5, 0.6) is 0 Å². The maximum Gasteiger partial charge on any atom is 0.254 e. The number of amides is 1. The maximum atomic E-state index is 14.3. The number of nitrogens with one attached hydrogen (secondary N) is 1. The van der Waals surface area contributed by atoms with Gasteiger partial charge in [0, 0.05) is 7.05 Å². The fraction of sp³-hybridized carbons (Fsp3) is 0.364. The quantitative estimate of drug-likeness (QED) is 0.516. The molecule has 1 fully saturated rings. The molecule has 0 bridgehead atoms. The lowest BCUT2D eigenvalue weighted by atomic mass is 9.71. The number of hydrogen-bond acceptors (Lipinski definition) is 3. The number of aromatic nitrogens is 2. The zero-order valence-electron chi connectivity index (χ0n) is 16.6. The molecule has 7 heteroatoms. The molecule has 1 heterocycles. The number of rotatable bonds is 3. The van der Waals surface area contributed by atoms with Crippen LogP contribution in [0.15, 0.2) is 36.4 Å². The summed E-state index contributed by atoms with van der Waals surface area (Å²) >= 11 is 0. The van der Waals surface area contributed by atoms with Crippen molar-refractivity contribution in [3.63, 3.8) is 0 Å². The average Bonchev–Trinajstić information content (AvgIpc) is 3.22. The van der Waals surface area contributed by atoms with E-state index in [2.05, 4.69) is 5.10 Å². The van der Waals surface area contributed by atoms with Crippen LogP contribution in [0.2, 0.25) is 0 Å². The second kappa shape index (κ2) is 6.62. The summed E-state index contributed by atoms with van der Waals surface area (Å²) in [5, 5.41) is 13.7. The van der Waals surface area contributed by atoms with E-state index < -0.39 is 22.7 Å². The smallest absolute Gasteiger partial charge is 0.254 e. The second-order valence-corrected chi connectivity index (χ2v) is 8.32. The number of carbonyl (C=O) groups excluding carboxylic acids is 1. The summed E-state index contributed by atoms with van der Waals surface area (Å²) in [7, 11) is 1.69. The standard InChI is InChI=1S/C22H23F2N3O2/c1-13-16(5-4-6-17(13)23)22(20(28)26-29)10-9-21(2,12-22)14-7-8-15-18(11-14)27(3)25-19(15)24/h4-8,11,29H,9-10,12H2,1-3H3,(H,26,28)/t21-,22+/m1/s1. The molecule has 2 aromatic carbocycles. The second-order valence-electron chi connectivity index (χ2n) is 8.32. The van der Waals surface area contributed by atoms with Crippen LogP contribution in [0.3, 0.4) is 0 Å². The molecule has 2 atom stereocenters. The maximum absolute atomic E-state index is 14.3. The average molecular weight is 399 g/mol. The van der Waals surface area contributed by atoms with Gasteiger partial charge >= 0.3 is 0 Å². The van der Waals surface area contributed by atoms with E-state index in [0.717, 1.165) is 5.56 Å². The largest absolute Gasteiger partial charge is 0.289 e. The highest BCUT2D eigenvalue weighted by Crippen LogP contribution is 2.53. The van der Waals surface area contributed by atoms with Gasteiger partial charge in [-0.3, -0.25) is 14.7 Å². The summed E-state index contributed by atoms with van der Waals surface area (Å²) in [6.45, 7) is 3.69. The van der Waals surface area contributed by atoms with Crippen LogP contribution in [0.4, 0.5) is 8.78 Å². The van der Waals surface area contributed by atoms with Crippen molar-refractivity contribution in [2.75, 3.05) is 0 Å². The van der Waals surface area contributed by atoms with E-state index in [1.165, 1.54) is 10.7 Å². The van der Waals surface area contributed by atoms with Gasteiger partial charge in [-0.25, -0.2) is 9.87 Å². The van der Waals surface area contributed by atoms with Crippen LogP contribution in [0, 0.1) is 18.7 Å². The van der Waals surface area contributed by atoms with E-state index in [4.69, 9.17) is 0 Å². The van der Waals surface area contributed by atoms with Crippen molar-refractivity contribution in [1.82, 2.24) is 15.3 Å². The van der Waals surface area contributed by atoms with E-state index in [9.17, 15) is 18.8 Å². The zero-order chi connectivity index (χ0) is 21.0. The van der Waals surface area contributed by atoms with Crippen LogP contribution in [-0.2, 0) is 22.7 Å². The first-order valence-corrected chi connectivity index (χ1v) is 9.55. The molecular formula is C22H23F2N3O2. The molecule has 0 radical (unpaired) electrons. The van der Waals surface area contributed by atoms with Gasteiger partial charge in [0.15, 0.2) is 0 Å². The minimum Gasteiger partial charge on any atom is -0.289 e. The molecule has 5 nitrogen and oxygen atoms in total. The summed E-state index contributed by atoms with van der Waals surface area (Å²) < 4.78 is 29.7. The molecule has 0 aliphatic heterocycles. The summed E-state index contributed by atoms with van der Waals surface area (Å²) in [5.41, 5.74) is 2.95. The molecule has 152 valence electrons. The molecule has 0 saturated heterocycles. The van der Waals surface area contributed by atoms with Gasteiger partial charge in [-0.05, 0) is 66.5 Å². The van der Waals surface area contributed by atoms with Crippen LogP contribution in [0.1, 0.15) is 42.9 Å². The zero-order valence-corrected chi connectivity index (χ0v) is 16.6. The van der Waals surface area contributed by atoms with Crippen molar-refractivity contribution in [3.8, 4) is 0 Å². The number of hydroxylamine groups is 1. The van der Waals surface area contributed by atoms with Crippen molar-refractivity contribution in [1.29, 1.82) is 0 Å². The third-order valence-electron chi connectivity index (χ3n) is 6.62. The Morgan fingerprint density at radius 1 is 1.24 bits per heavy atom. The summed E-state index contributed by atoms with van der Waals surface area (Å²) in [5.74, 6) is -1.44. The molecule has 1 amide bonds. The Hall–Kier alpha value is -2.80. The van der Waals surface area contributed by atoms with Gasteiger partial charge in [-0.1, -0.05) is 25.1 Å². The lowest BCUT2D eigenvalue weighted by Crippen LogP contribution is -2.43. The molecule has 1 aliphatic rings. The Kier molecular flexibility index (Phi) is 4.46. The molecule has 0 spiro atoms. The summed E-state index contributed by atoms with van der Waals surface area (Å²) in [6, 6.07) is 10.2. The van der Waals surface area contributed by atoms with Gasteiger partial charge in [0.2, 0.25) is 5.95 Å². The van der Waals surface area contributed by atoms with Gasteiger partial charge in [0.25, 0.3) is 5.91 Å². The summed E-state index contributed by atoms with van der Waals surface area (Å²) in [4.78, 5) is 12.8. The van der Waals surface area contributed by atoms with E-state index in [0.29, 0.717) is 41.3 Å². The van der Waals surface area contributed by atoms with Crippen molar-refractivity contribution >= 4 is 16.8 Å². The topological polar surface area (TPSA) is 67.2 Å². The number of benzene rings is 2. The minimum atomic E-state index is -1.05. The number of halogens is 2. The lowest BCUT2D eigenvalue weighted by molar-refractivity contribution is -0.135. The molecule has 3 aromatic rings. The molecule has 29 heavy (non-hydrogen) atoms. The minimum absolute atomic E-state index is 0.381. The highest BCUT2D eigenvalue weighted by atomic mass is 19.1. The van der Waals surface area contributed by atoms with Crippen LogP contribution >= 0.6 is 0 Å². The predicted octanol–water partition coefficient (Wildman–Crippen LogP) is 4.04. The molecule has 1 aliphatic carbocycles. The third-order valence-corrected chi connectivity index (χ3v) is 6.62. The fourth-order valence-electron chi connectivity index (χ4n) is 4.95. The molecule has 4 rings (SSSR count). The van der Waals surface area contributed by atoms with Crippen molar-refractivity contribution in [3.05, 3.63) is 64.9 Å². The number of hydrogen-bond donors (Lipinski definition) is 2. The highest BCUT2D eigenvalue weighted by Gasteiger charge is 2.52. The van der Waals surface area contributed by atoms with Crippen LogP contribution in [0.25, 0.3) is 10.9 Å². The Morgan fingerprint density at radius 3 is 2.72 bits per heavy atom. The van der Waals surface area contributed by atoms with Gasteiger partial charge in [-0.15, -0.1) is 5.10 Å². The molecular weight excluding hydrogens is 376 g/mol. The number of carbonyl (C=O) groups is 1. The number of aryl methyl sites for hydroxylation is 1. The fourth-order valence-corrected chi connectivity index (χ4v) is 4.95. The molecule has 0 unspecified atom stereocenters. The first-order valence-electron chi connectivity index (χ1n) is 9.55.